The first kappa shape index (κ1) is 18.2. The fourth-order valence-corrected chi connectivity index (χ4v) is 2.26. The summed E-state index contributed by atoms with van der Waals surface area (Å²) in [5.74, 6) is 0.640. The summed E-state index contributed by atoms with van der Waals surface area (Å²) in [6, 6.07) is 8.73. The number of hydrogen-bond donors (Lipinski definition) is 1. The van der Waals surface area contributed by atoms with Crippen LogP contribution in [0.2, 0.25) is 0 Å². The molecular weight excluding hydrogens is 315 g/mol. The molecule has 0 bridgehead atoms. The molecule has 1 aromatic rings. The van der Waals surface area contributed by atoms with Crippen molar-refractivity contribution in [3.63, 3.8) is 0 Å². The SMILES string of the molecule is CC(CS)(OC(=O)Oc1ccccc1)B1OC(C)(C)C(C)(C)O1. The minimum Gasteiger partial charge on any atom is -0.429 e. The number of benzene rings is 1. The van der Waals surface area contributed by atoms with Gasteiger partial charge < -0.3 is 18.8 Å². The van der Waals surface area contributed by atoms with Crippen LogP contribution in [0.3, 0.4) is 0 Å². The molecule has 1 aromatic carbocycles. The lowest BCUT2D eigenvalue weighted by Gasteiger charge is -2.32. The van der Waals surface area contributed by atoms with Gasteiger partial charge in [0, 0.05) is 5.75 Å². The first-order chi connectivity index (χ1) is 10.6. The normalized spacial score (nSPS) is 21.6. The number of thiol groups is 1. The van der Waals surface area contributed by atoms with E-state index in [4.69, 9.17) is 18.8 Å². The van der Waals surface area contributed by atoms with Crippen LogP contribution in [0.5, 0.6) is 5.75 Å². The van der Waals surface area contributed by atoms with Crippen LogP contribution in [-0.2, 0) is 14.0 Å². The Morgan fingerprint density at radius 2 is 1.70 bits per heavy atom. The smallest absolute Gasteiger partial charge is 0.429 e. The molecule has 1 fully saturated rings. The third-order valence-corrected chi connectivity index (χ3v) is 4.95. The summed E-state index contributed by atoms with van der Waals surface area (Å²) in [7, 11) is -0.728. The Kier molecular flexibility index (Phi) is 5.04. The average Bonchev–Trinajstić information content (AvgIpc) is 2.68. The Bertz CT molecular complexity index is 547. The number of carbonyl (C=O) groups is 1. The molecule has 1 saturated heterocycles. The third kappa shape index (κ3) is 3.84. The molecule has 0 radical (unpaired) electrons. The summed E-state index contributed by atoms with van der Waals surface area (Å²) >= 11 is 4.30. The van der Waals surface area contributed by atoms with Crippen molar-refractivity contribution >= 4 is 25.9 Å². The van der Waals surface area contributed by atoms with Gasteiger partial charge in [0.2, 0.25) is 0 Å². The Balaban J connectivity index is 2.08. The molecule has 1 atom stereocenters. The molecule has 1 aliphatic rings. The molecule has 0 saturated carbocycles. The van der Waals surface area contributed by atoms with E-state index in [1.807, 2.05) is 33.8 Å². The second-order valence-corrected chi connectivity index (χ2v) is 7.14. The van der Waals surface area contributed by atoms with Crippen LogP contribution < -0.4 is 4.74 Å². The van der Waals surface area contributed by atoms with E-state index in [0.29, 0.717) is 5.75 Å². The van der Waals surface area contributed by atoms with Crippen LogP contribution in [-0.4, -0.2) is 35.7 Å². The van der Waals surface area contributed by atoms with Gasteiger partial charge in [0.15, 0.2) is 5.50 Å². The molecule has 0 N–H and O–H groups in total. The van der Waals surface area contributed by atoms with E-state index in [9.17, 15) is 4.79 Å². The number of ether oxygens (including phenoxy) is 2. The van der Waals surface area contributed by atoms with Crippen molar-refractivity contribution in [2.75, 3.05) is 5.75 Å². The first-order valence-corrected chi connectivity index (χ1v) is 8.15. The summed E-state index contributed by atoms with van der Waals surface area (Å²) in [5, 5.41) is 0. The predicted octanol–water partition coefficient (Wildman–Crippen LogP) is 3.52. The number of para-hydroxylation sites is 1. The first-order valence-electron chi connectivity index (χ1n) is 7.52. The van der Waals surface area contributed by atoms with Gasteiger partial charge in [0.1, 0.15) is 5.75 Å². The Morgan fingerprint density at radius 3 is 2.17 bits per heavy atom. The molecule has 1 heterocycles. The molecule has 0 aliphatic carbocycles. The average molecular weight is 338 g/mol. The van der Waals surface area contributed by atoms with Gasteiger partial charge in [0.05, 0.1) is 11.2 Å². The highest BCUT2D eigenvalue weighted by Crippen LogP contribution is 2.40. The minimum absolute atomic E-state index is 0.230. The number of rotatable bonds is 4. The highest BCUT2D eigenvalue weighted by Gasteiger charge is 2.59. The van der Waals surface area contributed by atoms with E-state index in [-0.39, 0.29) is 5.75 Å². The van der Waals surface area contributed by atoms with Gasteiger partial charge in [-0.2, -0.15) is 12.6 Å². The van der Waals surface area contributed by atoms with Crippen LogP contribution in [0.1, 0.15) is 34.6 Å². The lowest BCUT2D eigenvalue weighted by Crippen LogP contribution is -2.51. The molecule has 2 rings (SSSR count). The topological polar surface area (TPSA) is 54.0 Å². The molecule has 23 heavy (non-hydrogen) atoms. The second kappa shape index (κ2) is 6.38. The van der Waals surface area contributed by atoms with Crippen LogP contribution in [0.25, 0.3) is 0 Å². The van der Waals surface area contributed by atoms with Crippen molar-refractivity contribution in [2.24, 2.45) is 0 Å². The largest absolute Gasteiger partial charge is 0.513 e. The fraction of sp³-hybridized carbons (Fsp3) is 0.562. The van der Waals surface area contributed by atoms with Gasteiger partial charge in [-0.15, -0.1) is 0 Å². The quantitative estimate of drug-likeness (QED) is 0.394. The van der Waals surface area contributed by atoms with E-state index < -0.39 is 30.0 Å². The van der Waals surface area contributed by atoms with E-state index in [0.717, 1.165) is 0 Å². The van der Waals surface area contributed by atoms with Crippen molar-refractivity contribution in [2.45, 2.75) is 51.3 Å². The minimum atomic E-state index is -1.07. The zero-order valence-electron chi connectivity index (χ0n) is 14.2. The van der Waals surface area contributed by atoms with Crippen LogP contribution >= 0.6 is 12.6 Å². The van der Waals surface area contributed by atoms with Crippen LogP contribution in [0.15, 0.2) is 30.3 Å². The molecule has 0 aromatic heterocycles. The van der Waals surface area contributed by atoms with E-state index in [2.05, 4.69) is 12.6 Å². The van der Waals surface area contributed by atoms with Gasteiger partial charge >= 0.3 is 13.3 Å². The summed E-state index contributed by atoms with van der Waals surface area (Å²) in [4.78, 5) is 12.1. The standard InChI is InChI=1S/C16H23BO5S/c1-14(2)15(3,4)22-17(21-14)16(5,11-23)20-13(18)19-12-9-7-6-8-10-12/h6-10,23H,11H2,1-5H3. The Hall–Kier alpha value is -1.18. The van der Waals surface area contributed by atoms with E-state index in [1.54, 1.807) is 31.2 Å². The van der Waals surface area contributed by atoms with Crippen molar-refractivity contribution in [1.29, 1.82) is 0 Å². The van der Waals surface area contributed by atoms with E-state index >= 15 is 0 Å². The molecule has 1 aliphatic heterocycles. The molecule has 126 valence electrons. The van der Waals surface area contributed by atoms with Gasteiger partial charge in [-0.3, -0.25) is 0 Å². The number of hydrogen-bond acceptors (Lipinski definition) is 6. The van der Waals surface area contributed by atoms with Gasteiger partial charge in [0.25, 0.3) is 0 Å². The Morgan fingerprint density at radius 1 is 1.17 bits per heavy atom. The van der Waals surface area contributed by atoms with Crippen LogP contribution in [0.4, 0.5) is 4.79 Å². The van der Waals surface area contributed by atoms with E-state index in [1.165, 1.54) is 0 Å². The van der Waals surface area contributed by atoms with Crippen molar-refractivity contribution in [3.8, 4) is 5.75 Å². The number of carbonyl (C=O) groups excluding carboxylic acids is 1. The summed E-state index contributed by atoms with van der Waals surface area (Å²) < 4.78 is 22.6. The zero-order chi connectivity index (χ0) is 17.3. The second-order valence-electron chi connectivity index (χ2n) is 6.83. The fourth-order valence-electron chi connectivity index (χ4n) is 2.04. The predicted molar refractivity (Wildman–Crippen MR) is 91.9 cm³/mol. The molecule has 0 spiro atoms. The molecule has 0 amide bonds. The van der Waals surface area contributed by atoms with Crippen molar-refractivity contribution < 1.29 is 23.6 Å². The summed E-state index contributed by atoms with van der Waals surface area (Å²) in [6.45, 7) is 9.47. The van der Waals surface area contributed by atoms with Gasteiger partial charge in [-0.05, 0) is 46.8 Å². The molecule has 5 nitrogen and oxygen atoms in total. The van der Waals surface area contributed by atoms with Gasteiger partial charge in [-0.1, -0.05) is 18.2 Å². The lowest BCUT2D eigenvalue weighted by molar-refractivity contribution is 0.00578. The van der Waals surface area contributed by atoms with Gasteiger partial charge in [-0.25, -0.2) is 4.79 Å². The van der Waals surface area contributed by atoms with Crippen molar-refractivity contribution in [1.82, 2.24) is 0 Å². The maximum Gasteiger partial charge on any atom is 0.513 e. The molecule has 7 heteroatoms. The monoisotopic (exact) mass is 338 g/mol. The summed E-state index contributed by atoms with van der Waals surface area (Å²) in [6.07, 6.45) is -0.817. The maximum atomic E-state index is 12.1. The summed E-state index contributed by atoms with van der Waals surface area (Å²) in [5.41, 5.74) is -2.11. The lowest BCUT2D eigenvalue weighted by atomic mass is 9.69. The Labute approximate surface area is 143 Å². The third-order valence-electron chi connectivity index (χ3n) is 4.33. The van der Waals surface area contributed by atoms with Crippen LogP contribution in [0, 0.1) is 0 Å². The highest BCUT2D eigenvalue weighted by molar-refractivity contribution is 7.80. The zero-order valence-corrected chi connectivity index (χ0v) is 15.1. The molecule has 1 unspecified atom stereocenters. The highest BCUT2D eigenvalue weighted by atomic mass is 32.1. The molecular formula is C16H23BO5S. The maximum absolute atomic E-state index is 12.1. The van der Waals surface area contributed by atoms with Crippen molar-refractivity contribution in [3.05, 3.63) is 30.3 Å².